The van der Waals surface area contributed by atoms with Gasteiger partial charge in [-0.25, -0.2) is 0 Å². The second-order valence-electron chi connectivity index (χ2n) is 7.01. The zero-order chi connectivity index (χ0) is 20.6. The summed E-state index contributed by atoms with van der Waals surface area (Å²) in [5.74, 6) is -0.763. The van der Waals surface area contributed by atoms with Gasteiger partial charge < -0.3 is 10.2 Å². The first kappa shape index (κ1) is 20.3. The molecule has 0 heterocycles. The largest absolute Gasteiger partial charge is 0.336 e. The number of amides is 2. The van der Waals surface area contributed by atoms with Gasteiger partial charge in [-0.05, 0) is 29.2 Å². The first-order valence-electron chi connectivity index (χ1n) is 9.82. The standard InChI is InChI=1S/C25H26N2O2/c1-3-19-12-10-11-17-22(19)26-23(28)18-27(2)25(29)24(20-13-6-4-7-14-20)21-15-8-5-9-16-21/h4-17,24H,3,18H2,1-2H3,(H,26,28). The highest BCUT2D eigenvalue weighted by Crippen LogP contribution is 2.26. The van der Waals surface area contributed by atoms with Gasteiger partial charge in [0.05, 0.1) is 12.5 Å². The fourth-order valence-electron chi connectivity index (χ4n) is 3.42. The molecule has 0 aliphatic carbocycles. The summed E-state index contributed by atoms with van der Waals surface area (Å²) < 4.78 is 0. The lowest BCUT2D eigenvalue weighted by Crippen LogP contribution is -2.38. The molecule has 0 spiro atoms. The van der Waals surface area contributed by atoms with Crippen LogP contribution in [-0.4, -0.2) is 30.3 Å². The number of carbonyl (C=O) groups excluding carboxylic acids is 2. The zero-order valence-electron chi connectivity index (χ0n) is 16.8. The number of benzene rings is 3. The Hall–Kier alpha value is -3.40. The van der Waals surface area contributed by atoms with Gasteiger partial charge >= 0.3 is 0 Å². The molecule has 0 saturated heterocycles. The van der Waals surface area contributed by atoms with Crippen LogP contribution in [0.4, 0.5) is 5.69 Å². The van der Waals surface area contributed by atoms with Gasteiger partial charge in [-0.2, -0.15) is 0 Å². The Kier molecular flexibility index (Phi) is 6.80. The highest BCUT2D eigenvalue weighted by Gasteiger charge is 2.26. The minimum atomic E-state index is -0.446. The van der Waals surface area contributed by atoms with E-state index in [0.29, 0.717) is 0 Å². The van der Waals surface area contributed by atoms with Crippen molar-refractivity contribution in [1.29, 1.82) is 0 Å². The van der Waals surface area contributed by atoms with Crippen molar-refractivity contribution in [1.82, 2.24) is 4.90 Å². The van der Waals surface area contributed by atoms with E-state index >= 15 is 0 Å². The van der Waals surface area contributed by atoms with Crippen LogP contribution < -0.4 is 5.32 Å². The average molecular weight is 386 g/mol. The minimum absolute atomic E-state index is 0.00690. The monoisotopic (exact) mass is 386 g/mol. The summed E-state index contributed by atoms with van der Waals surface area (Å²) in [6.07, 6.45) is 0.829. The van der Waals surface area contributed by atoms with Gasteiger partial charge in [-0.3, -0.25) is 9.59 Å². The van der Waals surface area contributed by atoms with Crippen molar-refractivity contribution in [3.8, 4) is 0 Å². The molecule has 4 nitrogen and oxygen atoms in total. The average Bonchev–Trinajstić information content (AvgIpc) is 2.75. The summed E-state index contributed by atoms with van der Waals surface area (Å²) in [6, 6.07) is 27.1. The number of nitrogens with zero attached hydrogens (tertiary/aromatic N) is 1. The molecule has 148 valence electrons. The van der Waals surface area contributed by atoms with Crippen LogP contribution >= 0.6 is 0 Å². The molecule has 4 heteroatoms. The van der Waals surface area contributed by atoms with E-state index in [-0.39, 0.29) is 18.4 Å². The summed E-state index contributed by atoms with van der Waals surface area (Å²) in [5.41, 5.74) is 3.68. The lowest BCUT2D eigenvalue weighted by molar-refractivity contribution is -0.133. The molecule has 0 atom stereocenters. The number of nitrogens with one attached hydrogen (secondary N) is 1. The summed E-state index contributed by atoms with van der Waals surface area (Å²) in [4.78, 5) is 27.4. The molecular formula is C25H26N2O2. The van der Waals surface area contributed by atoms with Gasteiger partial charge in [0.2, 0.25) is 11.8 Å². The highest BCUT2D eigenvalue weighted by molar-refractivity contribution is 5.96. The van der Waals surface area contributed by atoms with Crippen molar-refractivity contribution < 1.29 is 9.59 Å². The van der Waals surface area contributed by atoms with Crippen LogP contribution in [0.1, 0.15) is 29.5 Å². The Morgan fingerprint density at radius 2 is 1.34 bits per heavy atom. The summed E-state index contributed by atoms with van der Waals surface area (Å²) >= 11 is 0. The molecule has 0 aliphatic heterocycles. The second-order valence-corrected chi connectivity index (χ2v) is 7.01. The lowest BCUT2D eigenvalue weighted by atomic mass is 9.90. The van der Waals surface area contributed by atoms with E-state index in [4.69, 9.17) is 0 Å². The molecule has 0 saturated carbocycles. The van der Waals surface area contributed by atoms with Gasteiger partial charge in [0.15, 0.2) is 0 Å². The first-order valence-corrected chi connectivity index (χ1v) is 9.82. The third-order valence-electron chi connectivity index (χ3n) is 4.94. The Labute approximate surface area is 172 Å². The van der Waals surface area contributed by atoms with E-state index < -0.39 is 5.92 Å². The van der Waals surface area contributed by atoms with Crippen LogP contribution in [0.15, 0.2) is 84.9 Å². The second kappa shape index (κ2) is 9.69. The molecule has 0 aromatic heterocycles. The normalized spacial score (nSPS) is 10.6. The molecule has 1 N–H and O–H groups in total. The Bertz CT molecular complexity index is 915. The van der Waals surface area contributed by atoms with E-state index in [9.17, 15) is 9.59 Å². The van der Waals surface area contributed by atoms with Gasteiger partial charge in [-0.15, -0.1) is 0 Å². The van der Waals surface area contributed by atoms with Crippen molar-refractivity contribution in [2.75, 3.05) is 18.9 Å². The van der Waals surface area contributed by atoms with Crippen LogP contribution in [0.25, 0.3) is 0 Å². The number of anilines is 1. The quantitative estimate of drug-likeness (QED) is 0.651. The zero-order valence-corrected chi connectivity index (χ0v) is 16.8. The third-order valence-corrected chi connectivity index (χ3v) is 4.94. The summed E-state index contributed by atoms with van der Waals surface area (Å²) in [5, 5.41) is 2.93. The smallest absolute Gasteiger partial charge is 0.243 e. The number of rotatable bonds is 7. The molecular weight excluding hydrogens is 360 g/mol. The maximum Gasteiger partial charge on any atom is 0.243 e. The third kappa shape index (κ3) is 5.11. The van der Waals surface area contributed by atoms with E-state index in [2.05, 4.69) is 5.32 Å². The fourth-order valence-corrected chi connectivity index (χ4v) is 3.42. The number of likely N-dealkylation sites (N-methyl/N-ethyl adjacent to an activating group) is 1. The Balaban J connectivity index is 1.76. The van der Waals surface area contributed by atoms with Crippen molar-refractivity contribution >= 4 is 17.5 Å². The molecule has 0 bridgehead atoms. The van der Waals surface area contributed by atoms with Gasteiger partial charge in [0.1, 0.15) is 0 Å². The molecule has 2 amide bonds. The molecule has 3 rings (SSSR count). The molecule has 0 aliphatic rings. The maximum atomic E-state index is 13.3. The molecule has 0 radical (unpaired) electrons. The summed E-state index contributed by atoms with van der Waals surface area (Å²) in [7, 11) is 1.67. The van der Waals surface area contributed by atoms with Gasteiger partial charge in [-0.1, -0.05) is 85.8 Å². The molecule has 0 fully saturated rings. The van der Waals surface area contributed by atoms with Crippen molar-refractivity contribution in [3.05, 3.63) is 102 Å². The van der Waals surface area contributed by atoms with E-state index in [0.717, 1.165) is 28.8 Å². The lowest BCUT2D eigenvalue weighted by Gasteiger charge is -2.24. The van der Waals surface area contributed by atoms with E-state index in [1.54, 1.807) is 7.05 Å². The number of hydrogen-bond acceptors (Lipinski definition) is 2. The molecule has 0 unspecified atom stereocenters. The topological polar surface area (TPSA) is 49.4 Å². The molecule has 3 aromatic rings. The molecule has 3 aromatic carbocycles. The van der Waals surface area contributed by atoms with E-state index in [1.807, 2.05) is 91.9 Å². The van der Waals surface area contributed by atoms with Crippen LogP contribution in [0.2, 0.25) is 0 Å². The Morgan fingerprint density at radius 1 is 0.828 bits per heavy atom. The minimum Gasteiger partial charge on any atom is -0.336 e. The highest BCUT2D eigenvalue weighted by atomic mass is 16.2. The van der Waals surface area contributed by atoms with Crippen molar-refractivity contribution in [2.45, 2.75) is 19.3 Å². The summed E-state index contributed by atoms with van der Waals surface area (Å²) in [6.45, 7) is 2.04. The van der Waals surface area contributed by atoms with Crippen LogP contribution in [0, 0.1) is 0 Å². The van der Waals surface area contributed by atoms with Gasteiger partial charge in [0.25, 0.3) is 0 Å². The predicted octanol–water partition coefficient (Wildman–Crippen LogP) is 4.48. The van der Waals surface area contributed by atoms with Crippen molar-refractivity contribution in [2.24, 2.45) is 0 Å². The SMILES string of the molecule is CCc1ccccc1NC(=O)CN(C)C(=O)C(c1ccccc1)c1ccccc1. The van der Waals surface area contributed by atoms with Crippen LogP contribution in [0.3, 0.4) is 0 Å². The number of aryl methyl sites for hydroxylation is 1. The number of para-hydroxylation sites is 1. The van der Waals surface area contributed by atoms with E-state index in [1.165, 1.54) is 4.90 Å². The predicted molar refractivity (Wildman–Crippen MR) is 117 cm³/mol. The maximum absolute atomic E-state index is 13.3. The van der Waals surface area contributed by atoms with Gasteiger partial charge in [0, 0.05) is 12.7 Å². The number of carbonyl (C=O) groups is 2. The Morgan fingerprint density at radius 3 is 1.90 bits per heavy atom. The van der Waals surface area contributed by atoms with Crippen molar-refractivity contribution in [3.63, 3.8) is 0 Å². The number of hydrogen-bond donors (Lipinski definition) is 1. The molecule has 29 heavy (non-hydrogen) atoms. The van der Waals surface area contributed by atoms with Crippen LogP contribution in [-0.2, 0) is 16.0 Å². The first-order chi connectivity index (χ1) is 14.1. The van der Waals surface area contributed by atoms with Crippen LogP contribution in [0.5, 0.6) is 0 Å². The fraction of sp³-hybridized carbons (Fsp3) is 0.200.